The number of pyridine rings is 1. The SMILES string of the molecule is CCc1ccc(-n2c(C)cc([C@H]3[C@@H](c4ccccn4)NC(=S)N3c3ccc(NC(=O)C(C)C)c(C)c3)c2C)cc1. The van der Waals surface area contributed by atoms with Crippen molar-refractivity contribution in [3.63, 3.8) is 0 Å². The number of rotatable bonds is 7. The average Bonchev–Trinajstić information content (AvgIpc) is 3.44. The number of nitrogens with one attached hydrogen (secondary N) is 2. The fourth-order valence-corrected chi connectivity index (χ4v) is 5.88. The van der Waals surface area contributed by atoms with Gasteiger partial charge in [0.1, 0.15) is 0 Å². The van der Waals surface area contributed by atoms with Crippen LogP contribution >= 0.6 is 12.2 Å². The van der Waals surface area contributed by atoms with Gasteiger partial charge in [0.05, 0.1) is 17.8 Å². The summed E-state index contributed by atoms with van der Waals surface area (Å²) in [4.78, 5) is 19.3. The van der Waals surface area contributed by atoms with Gasteiger partial charge in [-0.1, -0.05) is 39.0 Å². The van der Waals surface area contributed by atoms with Crippen LogP contribution in [0.15, 0.2) is 72.9 Å². The maximum atomic E-state index is 12.4. The number of nitrogens with zero attached hydrogens (tertiary/aromatic N) is 3. The molecule has 5 rings (SSSR count). The minimum Gasteiger partial charge on any atom is -0.351 e. The number of hydrogen-bond donors (Lipinski definition) is 2. The minimum atomic E-state index is -0.134. The van der Waals surface area contributed by atoms with Crippen LogP contribution in [0, 0.1) is 26.7 Å². The monoisotopic (exact) mass is 551 g/mol. The summed E-state index contributed by atoms with van der Waals surface area (Å²) in [5.74, 6) is -0.0897. The van der Waals surface area contributed by atoms with E-state index in [9.17, 15) is 4.79 Å². The summed E-state index contributed by atoms with van der Waals surface area (Å²) < 4.78 is 2.32. The molecular weight excluding hydrogens is 514 g/mol. The van der Waals surface area contributed by atoms with Crippen LogP contribution in [0.4, 0.5) is 11.4 Å². The standard InChI is InChI=1S/C33H37N5OS/c1-7-24-11-13-25(14-12-24)37-22(5)19-27(23(37)6)31-30(29-10-8-9-17-34-29)36-33(40)38(31)26-15-16-28(21(4)18-26)35-32(39)20(2)3/h8-20,30-31H,7H2,1-6H3,(H,35,39)(H,36,40)/t30-,31+/m1/s1. The first-order valence-electron chi connectivity index (χ1n) is 13.9. The molecule has 1 saturated heterocycles. The number of anilines is 2. The van der Waals surface area contributed by atoms with Gasteiger partial charge in [-0.05, 0) is 105 Å². The van der Waals surface area contributed by atoms with E-state index < -0.39 is 0 Å². The Kier molecular flexibility index (Phi) is 7.76. The molecule has 0 radical (unpaired) electrons. The van der Waals surface area contributed by atoms with E-state index in [2.05, 4.69) is 83.3 Å². The molecule has 2 aromatic heterocycles. The van der Waals surface area contributed by atoms with E-state index in [-0.39, 0.29) is 23.9 Å². The number of aromatic nitrogens is 2. The van der Waals surface area contributed by atoms with E-state index in [0.717, 1.165) is 40.4 Å². The summed E-state index contributed by atoms with van der Waals surface area (Å²) in [6, 6.07) is 22.9. The molecule has 206 valence electrons. The lowest BCUT2D eigenvalue weighted by Crippen LogP contribution is -2.29. The van der Waals surface area contributed by atoms with Crippen molar-refractivity contribution in [3.8, 4) is 5.69 Å². The van der Waals surface area contributed by atoms with E-state index in [1.165, 1.54) is 16.8 Å². The number of amides is 1. The average molecular weight is 552 g/mol. The summed E-state index contributed by atoms with van der Waals surface area (Å²) in [5, 5.41) is 7.27. The highest BCUT2D eigenvalue weighted by Gasteiger charge is 2.42. The Bertz CT molecular complexity index is 1540. The summed E-state index contributed by atoms with van der Waals surface area (Å²) in [6.45, 7) is 12.3. The van der Waals surface area contributed by atoms with Crippen LogP contribution in [0.5, 0.6) is 0 Å². The molecule has 2 N–H and O–H groups in total. The van der Waals surface area contributed by atoms with Crippen molar-refractivity contribution in [2.45, 2.75) is 60.0 Å². The lowest BCUT2D eigenvalue weighted by molar-refractivity contribution is -0.118. The minimum absolute atomic E-state index is 0.00158. The van der Waals surface area contributed by atoms with Crippen LogP contribution in [0.3, 0.4) is 0 Å². The molecule has 1 aliphatic heterocycles. The number of carbonyl (C=O) groups excluding carboxylic acids is 1. The number of hydrogen-bond acceptors (Lipinski definition) is 3. The van der Waals surface area contributed by atoms with Gasteiger partial charge in [-0.15, -0.1) is 0 Å². The van der Waals surface area contributed by atoms with Crippen LogP contribution in [0.1, 0.15) is 66.6 Å². The summed E-state index contributed by atoms with van der Waals surface area (Å²) in [5.41, 5.74) is 9.69. The Balaban J connectivity index is 1.60. The number of carbonyl (C=O) groups is 1. The highest BCUT2D eigenvalue weighted by molar-refractivity contribution is 7.80. The normalized spacial score (nSPS) is 16.9. The van der Waals surface area contributed by atoms with Crippen molar-refractivity contribution in [1.29, 1.82) is 0 Å². The zero-order chi connectivity index (χ0) is 28.6. The summed E-state index contributed by atoms with van der Waals surface area (Å²) in [6.07, 6.45) is 2.84. The fourth-order valence-electron chi connectivity index (χ4n) is 5.53. The molecule has 0 bridgehead atoms. The van der Waals surface area contributed by atoms with Gasteiger partial charge in [0.25, 0.3) is 0 Å². The van der Waals surface area contributed by atoms with Crippen molar-refractivity contribution in [2.24, 2.45) is 5.92 Å². The van der Waals surface area contributed by atoms with E-state index in [1.54, 1.807) is 0 Å². The molecule has 40 heavy (non-hydrogen) atoms. The van der Waals surface area contributed by atoms with Crippen molar-refractivity contribution in [1.82, 2.24) is 14.9 Å². The smallest absolute Gasteiger partial charge is 0.226 e. The van der Waals surface area contributed by atoms with Crippen LogP contribution in [0.25, 0.3) is 5.69 Å². The van der Waals surface area contributed by atoms with Crippen molar-refractivity contribution in [3.05, 3.63) is 107 Å². The summed E-state index contributed by atoms with van der Waals surface area (Å²) in [7, 11) is 0. The van der Waals surface area contributed by atoms with Crippen LogP contribution < -0.4 is 15.5 Å². The molecule has 2 aromatic carbocycles. The van der Waals surface area contributed by atoms with Crippen molar-refractivity contribution in [2.75, 3.05) is 10.2 Å². The Morgan fingerprint density at radius 1 is 1.02 bits per heavy atom. The first-order valence-corrected chi connectivity index (χ1v) is 14.3. The third-order valence-corrected chi connectivity index (χ3v) is 8.07. The lowest BCUT2D eigenvalue weighted by Gasteiger charge is -2.29. The number of benzene rings is 2. The molecule has 4 aromatic rings. The Morgan fingerprint density at radius 3 is 2.38 bits per heavy atom. The second-order valence-corrected chi connectivity index (χ2v) is 11.2. The molecule has 2 atom stereocenters. The first kappa shape index (κ1) is 27.6. The molecule has 6 nitrogen and oxygen atoms in total. The van der Waals surface area contributed by atoms with Gasteiger partial charge in [-0.25, -0.2) is 0 Å². The first-order chi connectivity index (χ1) is 19.2. The topological polar surface area (TPSA) is 62.2 Å². The third kappa shape index (κ3) is 5.13. The Labute approximate surface area is 242 Å². The van der Waals surface area contributed by atoms with Gasteiger partial charge in [0.15, 0.2) is 5.11 Å². The molecule has 1 aliphatic rings. The highest BCUT2D eigenvalue weighted by atomic mass is 32.1. The third-order valence-electron chi connectivity index (χ3n) is 7.76. The summed E-state index contributed by atoms with van der Waals surface area (Å²) >= 11 is 5.97. The lowest BCUT2D eigenvalue weighted by atomic mass is 9.96. The van der Waals surface area contributed by atoms with Gasteiger partial charge in [-0.2, -0.15) is 0 Å². The van der Waals surface area contributed by atoms with E-state index in [0.29, 0.717) is 5.11 Å². The van der Waals surface area contributed by atoms with Gasteiger partial charge in [0, 0.05) is 40.6 Å². The van der Waals surface area contributed by atoms with Crippen molar-refractivity contribution < 1.29 is 4.79 Å². The Hall–Kier alpha value is -3.97. The Morgan fingerprint density at radius 2 is 1.75 bits per heavy atom. The zero-order valence-corrected chi connectivity index (χ0v) is 24.8. The van der Waals surface area contributed by atoms with Crippen LogP contribution in [-0.2, 0) is 11.2 Å². The van der Waals surface area contributed by atoms with Gasteiger partial charge in [-0.3, -0.25) is 9.78 Å². The molecule has 7 heteroatoms. The van der Waals surface area contributed by atoms with E-state index in [1.807, 2.05) is 51.2 Å². The molecule has 0 saturated carbocycles. The van der Waals surface area contributed by atoms with Gasteiger partial charge in [0.2, 0.25) is 5.91 Å². The molecule has 1 fully saturated rings. The molecular formula is C33H37N5OS. The second-order valence-electron chi connectivity index (χ2n) is 10.8. The number of aryl methyl sites for hydroxylation is 3. The molecule has 3 heterocycles. The van der Waals surface area contributed by atoms with Crippen molar-refractivity contribution >= 4 is 34.6 Å². The maximum absolute atomic E-state index is 12.4. The quantitative estimate of drug-likeness (QED) is 0.239. The molecule has 0 unspecified atom stereocenters. The highest BCUT2D eigenvalue weighted by Crippen LogP contribution is 2.44. The van der Waals surface area contributed by atoms with E-state index >= 15 is 0 Å². The van der Waals surface area contributed by atoms with Gasteiger partial charge < -0.3 is 20.1 Å². The zero-order valence-electron chi connectivity index (χ0n) is 24.0. The predicted octanol–water partition coefficient (Wildman–Crippen LogP) is 7.13. The van der Waals surface area contributed by atoms with Gasteiger partial charge >= 0.3 is 0 Å². The predicted molar refractivity (Wildman–Crippen MR) is 167 cm³/mol. The van der Waals surface area contributed by atoms with Crippen LogP contribution in [-0.4, -0.2) is 20.6 Å². The largest absolute Gasteiger partial charge is 0.351 e. The molecule has 0 spiro atoms. The maximum Gasteiger partial charge on any atom is 0.226 e. The molecule has 0 aliphatic carbocycles. The fraction of sp³-hybridized carbons (Fsp3) is 0.303. The van der Waals surface area contributed by atoms with E-state index in [4.69, 9.17) is 17.2 Å². The molecule has 1 amide bonds. The van der Waals surface area contributed by atoms with Crippen LogP contribution in [0.2, 0.25) is 0 Å². The number of thiocarbonyl (C=S) groups is 1. The second kappa shape index (κ2) is 11.3.